The molecule has 5 heteroatoms. The lowest BCUT2D eigenvalue weighted by atomic mass is 9.89. The summed E-state index contributed by atoms with van der Waals surface area (Å²) in [4.78, 5) is 0. The zero-order valence-corrected chi connectivity index (χ0v) is 16.3. The van der Waals surface area contributed by atoms with Gasteiger partial charge >= 0.3 is 0 Å². The maximum absolute atomic E-state index is 12.2. The molecule has 140 valence electrons. The average Bonchev–Trinajstić information content (AvgIpc) is 2.68. The van der Waals surface area contributed by atoms with E-state index in [1.54, 1.807) is 6.07 Å². The van der Waals surface area contributed by atoms with Gasteiger partial charge in [0.1, 0.15) is 0 Å². The zero-order valence-electron chi connectivity index (χ0n) is 15.5. The minimum absolute atomic E-state index is 0.158. The van der Waals surface area contributed by atoms with E-state index in [1.807, 2.05) is 49.4 Å². The predicted molar refractivity (Wildman–Crippen MR) is 109 cm³/mol. The van der Waals surface area contributed by atoms with E-state index >= 15 is 0 Å². The SMILES string of the molecule is CCCS(=O)(=O)NC1CCCC=C1c1ccc(-c2cccc(C#N)c2)cc1. The number of allylic oxidation sites excluding steroid dienone is 1. The third-order valence-electron chi connectivity index (χ3n) is 4.77. The molecule has 1 aliphatic rings. The van der Waals surface area contributed by atoms with Crippen LogP contribution < -0.4 is 4.72 Å². The largest absolute Gasteiger partial charge is 0.212 e. The first-order valence-electron chi connectivity index (χ1n) is 9.33. The van der Waals surface area contributed by atoms with Crippen LogP contribution in [0.5, 0.6) is 0 Å². The van der Waals surface area contributed by atoms with Crippen LogP contribution >= 0.6 is 0 Å². The lowest BCUT2D eigenvalue weighted by Crippen LogP contribution is -2.38. The van der Waals surface area contributed by atoms with Crippen molar-refractivity contribution in [2.24, 2.45) is 0 Å². The van der Waals surface area contributed by atoms with Crippen molar-refractivity contribution in [2.45, 2.75) is 38.6 Å². The molecule has 0 radical (unpaired) electrons. The highest BCUT2D eigenvalue weighted by molar-refractivity contribution is 7.89. The zero-order chi connectivity index (χ0) is 19.3. The van der Waals surface area contributed by atoms with Crippen LogP contribution in [-0.2, 0) is 10.0 Å². The number of hydrogen-bond donors (Lipinski definition) is 1. The van der Waals surface area contributed by atoms with Gasteiger partial charge in [0.25, 0.3) is 0 Å². The summed E-state index contributed by atoms with van der Waals surface area (Å²) in [5.74, 6) is 0.158. The molecule has 2 aromatic carbocycles. The minimum atomic E-state index is -3.25. The van der Waals surface area contributed by atoms with Crippen molar-refractivity contribution in [1.82, 2.24) is 4.72 Å². The van der Waals surface area contributed by atoms with Crippen LogP contribution in [0, 0.1) is 11.3 Å². The molecule has 0 bridgehead atoms. The fourth-order valence-electron chi connectivity index (χ4n) is 3.49. The third-order valence-corrected chi connectivity index (χ3v) is 6.36. The number of rotatable bonds is 6. The molecular weight excluding hydrogens is 356 g/mol. The van der Waals surface area contributed by atoms with Crippen molar-refractivity contribution in [2.75, 3.05) is 5.75 Å². The minimum Gasteiger partial charge on any atom is -0.212 e. The first-order chi connectivity index (χ1) is 13.0. The van der Waals surface area contributed by atoms with Gasteiger partial charge in [-0.1, -0.05) is 49.4 Å². The molecule has 0 heterocycles. The highest BCUT2D eigenvalue weighted by Crippen LogP contribution is 2.30. The number of sulfonamides is 1. The quantitative estimate of drug-likeness (QED) is 0.803. The van der Waals surface area contributed by atoms with E-state index in [1.165, 1.54) is 0 Å². The Labute approximate surface area is 161 Å². The third kappa shape index (κ3) is 4.85. The number of nitriles is 1. The Bertz CT molecular complexity index is 970. The first-order valence-corrected chi connectivity index (χ1v) is 11.0. The molecule has 2 aromatic rings. The monoisotopic (exact) mass is 380 g/mol. The predicted octanol–water partition coefficient (Wildman–Crippen LogP) is 4.49. The molecule has 1 unspecified atom stereocenters. The maximum atomic E-state index is 12.2. The molecular formula is C22H24N2O2S. The van der Waals surface area contributed by atoms with Crippen LogP contribution in [0.3, 0.4) is 0 Å². The molecule has 3 rings (SSSR count). The van der Waals surface area contributed by atoms with Crippen molar-refractivity contribution in [1.29, 1.82) is 5.26 Å². The molecule has 0 aromatic heterocycles. The van der Waals surface area contributed by atoms with E-state index in [2.05, 4.69) is 16.9 Å². The lowest BCUT2D eigenvalue weighted by molar-refractivity contribution is 0.553. The van der Waals surface area contributed by atoms with Crippen LogP contribution in [0.2, 0.25) is 0 Å². The Hall–Kier alpha value is -2.42. The van der Waals surface area contributed by atoms with Gasteiger partial charge in [-0.2, -0.15) is 5.26 Å². The molecule has 0 fully saturated rings. The Morgan fingerprint density at radius 3 is 2.56 bits per heavy atom. The van der Waals surface area contributed by atoms with Crippen LogP contribution in [-0.4, -0.2) is 20.2 Å². The lowest BCUT2D eigenvalue weighted by Gasteiger charge is -2.25. The van der Waals surface area contributed by atoms with E-state index in [0.717, 1.165) is 41.5 Å². The second-order valence-corrected chi connectivity index (χ2v) is 8.72. The summed E-state index contributed by atoms with van der Waals surface area (Å²) in [7, 11) is -3.25. The van der Waals surface area contributed by atoms with E-state index in [-0.39, 0.29) is 11.8 Å². The molecule has 0 saturated carbocycles. The molecule has 1 atom stereocenters. The fraction of sp³-hybridized carbons (Fsp3) is 0.318. The molecule has 0 aliphatic heterocycles. The normalized spacial score (nSPS) is 17.2. The molecule has 0 saturated heterocycles. The van der Waals surface area contributed by atoms with Crippen molar-refractivity contribution in [3.05, 3.63) is 65.7 Å². The van der Waals surface area contributed by atoms with Crippen LogP contribution in [0.15, 0.2) is 54.6 Å². The second-order valence-electron chi connectivity index (χ2n) is 6.85. The van der Waals surface area contributed by atoms with Gasteiger partial charge in [-0.3, -0.25) is 0 Å². The van der Waals surface area contributed by atoms with E-state index in [4.69, 9.17) is 5.26 Å². The summed E-state index contributed by atoms with van der Waals surface area (Å²) in [5.41, 5.74) is 4.77. The van der Waals surface area contributed by atoms with Crippen molar-refractivity contribution in [3.8, 4) is 17.2 Å². The van der Waals surface area contributed by atoms with E-state index in [9.17, 15) is 8.42 Å². The van der Waals surface area contributed by atoms with Crippen LogP contribution in [0.1, 0.15) is 43.7 Å². The summed E-state index contributed by atoms with van der Waals surface area (Å²) >= 11 is 0. The average molecular weight is 381 g/mol. The van der Waals surface area contributed by atoms with Gasteiger partial charge < -0.3 is 0 Å². The standard InChI is InChI=1S/C22H24N2O2S/c1-2-14-27(25,26)24-22-9-4-3-8-21(22)19-12-10-18(11-13-19)20-7-5-6-17(15-20)16-23/h5-8,10-13,15,22,24H,2-4,9,14H2,1H3. The second kappa shape index (κ2) is 8.51. The van der Waals surface area contributed by atoms with E-state index < -0.39 is 10.0 Å². The van der Waals surface area contributed by atoms with Gasteiger partial charge in [-0.25, -0.2) is 13.1 Å². The van der Waals surface area contributed by atoms with Crippen molar-refractivity contribution in [3.63, 3.8) is 0 Å². The molecule has 0 amide bonds. The number of nitrogens with one attached hydrogen (secondary N) is 1. The molecule has 1 N–H and O–H groups in total. The van der Waals surface area contributed by atoms with Gasteiger partial charge in [-0.15, -0.1) is 0 Å². The smallest absolute Gasteiger partial charge is 0.212 e. The molecule has 1 aliphatic carbocycles. The fourth-order valence-corrected chi connectivity index (χ4v) is 4.82. The van der Waals surface area contributed by atoms with Gasteiger partial charge in [0.2, 0.25) is 10.0 Å². The van der Waals surface area contributed by atoms with Gasteiger partial charge in [0, 0.05) is 6.04 Å². The van der Waals surface area contributed by atoms with Gasteiger partial charge in [0.15, 0.2) is 0 Å². The highest BCUT2D eigenvalue weighted by atomic mass is 32.2. The highest BCUT2D eigenvalue weighted by Gasteiger charge is 2.23. The Morgan fingerprint density at radius 1 is 1.11 bits per heavy atom. The van der Waals surface area contributed by atoms with Gasteiger partial charge in [0.05, 0.1) is 17.4 Å². The Balaban J connectivity index is 1.84. The number of hydrogen-bond acceptors (Lipinski definition) is 3. The molecule has 0 spiro atoms. The molecule has 27 heavy (non-hydrogen) atoms. The van der Waals surface area contributed by atoms with Crippen LogP contribution in [0.25, 0.3) is 16.7 Å². The maximum Gasteiger partial charge on any atom is 0.212 e. The van der Waals surface area contributed by atoms with E-state index in [0.29, 0.717) is 12.0 Å². The summed E-state index contributed by atoms with van der Waals surface area (Å²) in [6, 6.07) is 17.6. The van der Waals surface area contributed by atoms with Crippen molar-refractivity contribution >= 4 is 15.6 Å². The summed E-state index contributed by atoms with van der Waals surface area (Å²) < 4.78 is 27.3. The first kappa shape index (κ1) is 19.3. The van der Waals surface area contributed by atoms with Crippen molar-refractivity contribution < 1.29 is 8.42 Å². The van der Waals surface area contributed by atoms with Gasteiger partial charge in [-0.05, 0) is 60.1 Å². The Kier molecular flexibility index (Phi) is 6.10. The number of benzene rings is 2. The number of nitrogens with zero attached hydrogens (tertiary/aromatic N) is 1. The molecule has 4 nitrogen and oxygen atoms in total. The summed E-state index contributed by atoms with van der Waals surface area (Å²) in [5, 5.41) is 9.07. The summed E-state index contributed by atoms with van der Waals surface area (Å²) in [6.07, 6.45) is 5.53. The topological polar surface area (TPSA) is 70.0 Å². The summed E-state index contributed by atoms with van der Waals surface area (Å²) in [6.45, 7) is 1.87. The Morgan fingerprint density at radius 2 is 1.85 bits per heavy atom. The van der Waals surface area contributed by atoms with Crippen LogP contribution in [0.4, 0.5) is 0 Å².